The molecule has 0 bridgehead atoms. The Balaban J connectivity index is 2.03. The Morgan fingerprint density at radius 3 is 1.75 bits per heavy atom. The van der Waals surface area contributed by atoms with Gasteiger partial charge < -0.3 is 29.2 Å². The zero-order valence-electron chi connectivity index (χ0n) is 18.3. The fourth-order valence-electron chi connectivity index (χ4n) is 3.89. The number of methoxy groups -OCH3 is 4. The summed E-state index contributed by atoms with van der Waals surface area (Å²) in [6, 6.07) is 17.9. The highest BCUT2D eigenvalue weighted by Gasteiger charge is 2.21. The van der Waals surface area contributed by atoms with Gasteiger partial charge in [0.15, 0.2) is 11.5 Å². The minimum absolute atomic E-state index is 0.0483. The maximum atomic E-state index is 11.4. The standard InChI is InChI=1S/C26H24O6/c1-29-15-11-20(17-9-10-22(27)18-8-6-5-7-16(17)18)26(28)21(12-15)19-13-24(31-3)25(32-4)14-23(19)30-2/h5-14,27-28H,1-4H3. The molecule has 0 aliphatic rings. The van der Waals surface area contributed by atoms with Gasteiger partial charge in [-0.2, -0.15) is 0 Å². The molecule has 164 valence electrons. The van der Waals surface area contributed by atoms with Crippen molar-refractivity contribution >= 4 is 10.8 Å². The second kappa shape index (κ2) is 8.59. The van der Waals surface area contributed by atoms with Crippen molar-refractivity contribution in [3.63, 3.8) is 0 Å². The topological polar surface area (TPSA) is 77.4 Å². The van der Waals surface area contributed by atoms with Gasteiger partial charge >= 0.3 is 0 Å². The Hall–Kier alpha value is -4.06. The molecule has 0 atom stereocenters. The van der Waals surface area contributed by atoms with Crippen molar-refractivity contribution in [3.05, 3.63) is 60.7 Å². The van der Waals surface area contributed by atoms with E-state index in [1.165, 1.54) is 0 Å². The quantitative estimate of drug-likeness (QED) is 0.412. The number of ether oxygens (including phenoxy) is 4. The molecular weight excluding hydrogens is 408 g/mol. The molecule has 0 radical (unpaired) electrons. The predicted molar refractivity (Wildman–Crippen MR) is 124 cm³/mol. The van der Waals surface area contributed by atoms with Gasteiger partial charge in [-0.25, -0.2) is 0 Å². The van der Waals surface area contributed by atoms with Crippen LogP contribution in [0.25, 0.3) is 33.0 Å². The van der Waals surface area contributed by atoms with Crippen molar-refractivity contribution in [3.8, 4) is 56.8 Å². The monoisotopic (exact) mass is 432 g/mol. The number of hydrogen-bond acceptors (Lipinski definition) is 6. The molecule has 0 amide bonds. The molecule has 0 spiro atoms. The van der Waals surface area contributed by atoms with Crippen LogP contribution in [-0.2, 0) is 0 Å². The maximum Gasteiger partial charge on any atom is 0.164 e. The van der Waals surface area contributed by atoms with Gasteiger partial charge in [-0.3, -0.25) is 0 Å². The molecule has 0 aromatic heterocycles. The average molecular weight is 432 g/mol. The van der Waals surface area contributed by atoms with Crippen LogP contribution in [0.2, 0.25) is 0 Å². The summed E-state index contributed by atoms with van der Waals surface area (Å²) in [6.45, 7) is 0. The molecule has 4 rings (SSSR count). The summed E-state index contributed by atoms with van der Waals surface area (Å²) in [7, 11) is 6.22. The Morgan fingerprint density at radius 2 is 1.12 bits per heavy atom. The Labute approximate surface area is 186 Å². The Bertz CT molecular complexity index is 1300. The van der Waals surface area contributed by atoms with Crippen molar-refractivity contribution in [2.75, 3.05) is 28.4 Å². The van der Waals surface area contributed by atoms with E-state index in [4.69, 9.17) is 18.9 Å². The number of phenolic OH excluding ortho intramolecular Hbond substituents is 2. The summed E-state index contributed by atoms with van der Waals surface area (Å²) in [5.41, 5.74) is 2.45. The zero-order chi connectivity index (χ0) is 22.8. The van der Waals surface area contributed by atoms with Gasteiger partial charge in [0.1, 0.15) is 23.0 Å². The normalized spacial score (nSPS) is 10.8. The van der Waals surface area contributed by atoms with E-state index in [0.717, 1.165) is 10.9 Å². The van der Waals surface area contributed by atoms with Crippen LogP contribution in [0.1, 0.15) is 0 Å². The lowest BCUT2D eigenvalue weighted by molar-refractivity contribution is 0.349. The predicted octanol–water partition coefficient (Wildman–Crippen LogP) is 5.62. The highest BCUT2D eigenvalue weighted by molar-refractivity contribution is 6.02. The summed E-state index contributed by atoms with van der Waals surface area (Å²) in [6.07, 6.45) is 0. The second-order valence-electron chi connectivity index (χ2n) is 7.16. The largest absolute Gasteiger partial charge is 0.507 e. The number of hydrogen-bond donors (Lipinski definition) is 2. The van der Waals surface area contributed by atoms with Crippen molar-refractivity contribution < 1.29 is 29.2 Å². The highest BCUT2D eigenvalue weighted by Crippen LogP contribution is 2.48. The summed E-state index contributed by atoms with van der Waals surface area (Å²) >= 11 is 0. The number of aromatic hydroxyl groups is 2. The number of rotatable bonds is 6. The van der Waals surface area contributed by atoms with E-state index in [2.05, 4.69) is 0 Å². The van der Waals surface area contributed by atoms with E-state index < -0.39 is 0 Å². The molecule has 0 fully saturated rings. The summed E-state index contributed by atoms with van der Waals surface area (Å²) in [5, 5.41) is 23.2. The Morgan fingerprint density at radius 1 is 0.531 bits per heavy atom. The summed E-state index contributed by atoms with van der Waals surface area (Å²) in [5.74, 6) is 2.30. The fourth-order valence-corrected chi connectivity index (χ4v) is 3.89. The van der Waals surface area contributed by atoms with Gasteiger partial charge in [0, 0.05) is 28.1 Å². The molecule has 0 saturated carbocycles. The van der Waals surface area contributed by atoms with Gasteiger partial charge in [0.2, 0.25) is 0 Å². The van der Waals surface area contributed by atoms with Gasteiger partial charge in [-0.1, -0.05) is 24.3 Å². The third kappa shape index (κ3) is 3.50. The molecule has 0 aliphatic carbocycles. The van der Waals surface area contributed by atoms with Gasteiger partial charge in [-0.05, 0) is 41.3 Å². The molecule has 4 aromatic carbocycles. The van der Waals surface area contributed by atoms with Crippen molar-refractivity contribution in [2.45, 2.75) is 0 Å². The lowest BCUT2D eigenvalue weighted by Crippen LogP contribution is -1.96. The maximum absolute atomic E-state index is 11.4. The van der Waals surface area contributed by atoms with Crippen molar-refractivity contribution in [1.82, 2.24) is 0 Å². The van der Waals surface area contributed by atoms with Crippen LogP contribution in [0, 0.1) is 0 Å². The lowest BCUT2D eigenvalue weighted by atomic mass is 9.92. The number of phenols is 2. The van der Waals surface area contributed by atoms with E-state index >= 15 is 0 Å². The summed E-state index contributed by atoms with van der Waals surface area (Å²) < 4.78 is 22.0. The van der Waals surface area contributed by atoms with E-state index in [-0.39, 0.29) is 11.5 Å². The van der Waals surface area contributed by atoms with Crippen LogP contribution in [0.5, 0.6) is 34.5 Å². The number of fused-ring (bicyclic) bond motifs is 1. The van der Waals surface area contributed by atoms with Crippen LogP contribution in [0.3, 0.4) is 0 Å². The van der Waals surface area contributed by atoms with Crippen molar-refractivity contribution in [1.29, 1.82) is 0 Å². The first-order valence-electron chi connectivity index (χ1n) is 9.94. The minimum atomic E-state index is 0.0483. The van der Waals surface area contributed by atoms with E-state index in [0.29, 0.717) is 45.1 Å². The second-order valence-corrected chi connectivity index (χ2v) is 7.16. The molecule has 0 aliphatic heterocycles. The van der Waals surface area contributed by atoms with Crippen LogP contribution >= 0.6 is 0 Å². The molecule has 32 heavy (non-hydrogen) atoms. The van der Waals surface area contributed by atoms with E-state index in [9.17, 15) is 10.2 Å². The highest BCUT2D eigenvalue weighted by atomic mass is 16.5. The van der Waals surface area contributed by atoms with Crippen LogP contribution in [0.4, 0.5) is 0 Å². The first-order chi connectivity index (χ1) is 15.5. The molecular formula is C26H24O6. The molecule has 0 saturated heterocycles. The molecule has 0 heterocycles. The Kier molecular flexibility index (Phi) is 5.69. The molecule has 0 unspecified atom stereocenters. The van der Waals surface area contributed by atoms with Gasteiger partial charge in [0.25, 0.3) is 0 Å². The van der Waals surface area contributed by atoms with E-state index in [1.807, 2.05) is 24.3 Å². The van der Waals surface area contributed by atoms with Crippen molar-refractivity contribution in [2.24, 2.45) is 0 Å². The SMILES string of the molecule is COc1cc(-c2cc(OC)c(OC)cc2OC)c(O)c(-c2ccc(O)c3ccccc23)c1. The van der Waals surface area contributed by atoms with Crippen LogP contribution in [0.15, 0.2) is 60.7 Å². The van der Waals surface area contributed by atoms with Crippen LogP contribution < -0.4 is 18.9 Å². The lowest BCUT2D eigenvalue weighted by Gasteiger charge is -2.18. The van der Waals surface area contributed by atoms with Crippen LogP contribution in [-0.4, -0.2) is 38.7 Å². The zero-order valence-corrected chi connectivity index (χ0v) is 18.3. The summed E-state index contributed by atoms with van der Waals surface area (Å²) in [4.78, 5) is 0. The molecule has 6 heteroatoms. The average Bonchev–Trinajstić information content (AvgIpc) is 2.84. The molecule has 6 nitrogen and oxygen atoms in total. The first kappa shape index (κ1) is 21.2. The third-order valence-electron chi connectivity index (χ3n) is 5.51. The molecule has 4 aromatic rings. The van der Waals surface area contributed by atoms with Gasteiger partial charge in [0.05, 0.1) is 28.4 Å². The minimum Gasteiger partial charge on any atom is -0.507 e. The number of benzene rings is 4. The van der Waals surface area contributed by atoms with E-state index in [1.54, 1.807) is 64.8 Å². The third-order valence-corrected chi connectivity index (χ3v) is 5.51. The first-order valence-corrected chi connectivity index (χ1v) is 9.94. The van der Waals surface area contributed by atoms with Gasteiger partial charge in [-0.15, -0.1) is 0 Å². The fraction of sp³-hybridized carbons (Fsp3) is 0.154. The smallest absolute Gasteiger partial charge is 0.164 e. The molecule has 2 N–H and O–H groups in total.